The number of carbonyl (C=O) groups excluding carboxylic acids is 2. The predicted octanol–water partition coefficient (Wildman–Crippen LogP) is 5.25. The third-order valence-corrected chi connectivity index (χ3v) is 4.22. The molecule has 0 aliphatic heterocycles. The minimum Gasteiger partial charge on any atom is -0.462 e. The van der Waals surface area contributed by atoms with Crippen LogP contribution < -0.4 is 0 Å². The van der Waals surface area contributed by atoms with Gasteiger partial charge >= 0.3 is 5.97 Å². The number of nitrogens with zero attached hydrogens (tertiary/aromatic N) is 1. The topological polar surface area (TPSA) is 86.5 Å². The van der Waals surface area contributed by atoms with Crippen LogP contribution in [0.15, 0.2) is 29.8 Å². The Bertz CT molecular complexity index is 666. The van der Waals surface area contributed by atoms with E-state index >= 15 is 0 Å². The van der Waals surface area contributed by atoms with Crippen LogP contribution in [0.4, 0.5) is 5.69 Å². The summed E-state index contributed by atoms with van der Waals surface area (Å²) < 4.78 is 5.20. The molecular weight excluding hydrogens is 346 g/mol. The lowest BCUT2D eigenvalue weighted by molar-refractivity contribution is -0.384. The molecule has 1 rings (SSSR count). The van der Waals surface area contributed by atoms with Gasteiger partial charge in [-0.15, -0.1) is 0 Å². The van der Waals surface area contributed by atoms with Crippen molar-refractivity contribution < 1.29 is 19.2 Å². The minimum absolute atomic E-state index is 0.0982. The summed E-state index contributed by atoms with van der Waals surface area (Å²) in [5.74, 6) is -1.11. The third-order valence-electron chi connectivity index (χ3n) is 4.22. The SMILES string of the molecule is CCCCCCCCCCOC(=O)/C(=C/c1cccc([N+](=O)[O-])c1)C(C)=O. The van der Waals surface area contributed by atoms with Crippen LogP contribution >= 0.6 is 0 Å². The summed E-state index contributed by atoms with van der Waals surface area (Å²) in [4.78, 5) is 34.2. The lowest BCUT2D eigenvalue weighted by atomic mass is 10.1. The van der Waals surface area contributed by atoms with E-state index in [-0.39, 0.29) is 17.9 Å². The van der Waals surface area contributed by atoms with Gasteiger partial charge in [-0.2, -0.15) is 0 Å². The van der Waals surface area contributed by atoms with Crippen LogP contribution in [0.3, 0.4) is 0 Å². The van der Waals surface area contributed by atoms with E-state index in [4.69, 9.17) is 4.74 Å². The molecule has 27 heavy (non-hydrogen) atoms. The summed E-state index contributed by atoms with van der Waals surface area (Å²) >= 11 is 0. The Morgan fingerprint density at radius 2 is 1.70 bits per heavy atom. The van der Waals surface area contributed by atoms with Gasteiger partial charge in [0.25, 0.3) is 5.69 Å². The first-order valence-corrected chi connectivity index (χ1v) is 9.60. The number of nitro benzene ring substituents is 1. The number of hydrogen-bond acceptors (Lipinski definition) is 5. The molecular formula is C21H29NO5. The van der Waals surface area contributed by atoms with Crippen molar-refractivity contribution in [2.45, 2.75) is 65.2 Å². The molecule has 0 amide bonds. The maximum absolute atomic E-state index is 12.2. The molecule has 0 fully saturated rings. The maximum atomic E-state index is 12.2. The van der Waals surface area contributed by atoms with Gasteiger partial charge in [-0.25, -0.2) is 4.79 Å². The molecule has 0 heterocycles. The zero-order chi connectivity index (χ0) is 20.1. The molecule has 1 aromatic rings. The molecule has 6 heteroatoms. The Morgan fingerprint density at radius 3 is 2.30 bits per heavy atom. The van der Waals surface area contributed by atoms with Crippen LogP contribution in [-0.4, -0.2) is 23.3 Å². The first-order chi connectivity index (χ1) is 13.0. The first-order valence-electron chi connectivity index (χ1n) is 9.60. The maximum Gasteiger partial charge on any atom is 0.341 e. The normalized spacial score (nSPS) is 11.3. The highest BCUT2D eigenvalue weighted by Crippen LogP contribution is 2.17. The molecule has 6 nitrogen and oxygen atoms in total. The van der Waals surface area contributed by atoms with Crippen LogP contribution in [-0.2, 0) is 14.3 Å². The molecule has 148 valence electrons. The number of Topliss-reactive ketones (excluding diaryl/α,β-unsaturated/α-hetero) is 1. The van der Waals surface area contributed by atoms with E-state index in [0.717, 1.165) is 19.3 Å². The van der Waals surface area contributed by atoms with Crippen molar-refractivity contribution in [1.29, 1.82) is 0 Å². The van der Waals surface area contributed by atoms with Crippen molar-refractivity contribution in [3.05, 3.63) is 45.5 Å². The molecule has 0 atom stereocenters. The van der Waals surface area contributed by atoms with Crippen molar-refractivity contribution in [1.82, 2.24) is 0 Å². The largest absolute Gasteiger partial charge is 0.462 e. The second-order valence-electron chi connectivity index (χ2n) is 6.58. The van der Waals surface area contributed by atoms with Crippen molar-refractivity contribution in [3.63, 3.8) is 0 Å². The number of non-ortho nitro benzene ring substituents is 1. The number of unbranched alkanes of at least 4 members (excludes halogenated alkanes) is 7. The second kappa shape index (κ2) is 12.8. The van der Waals surface area contributed by atoms with E-state index in [1.54, 1.807) is 6.07 Å². The molecule has 0 radical (unpaired) electrons. The molecule has 0 saturated carbocycles. The summed E-state index contributed by atoms with van der Waals surface area (Å²) in [6.07, 6.45) is 10.4. The Kier molecular flexibility index (Phi) is 10.7. The van der Waals surface area contributed by atoms with Crippen LogP contribution in [0.2, 0.25) is 0 Å². The lowest BCUT2D eigenvalue weighted by Crippen LogP contribution is -2.14. The fourth-order valence-electron chi connectivity index (χ4n) is 2.68. The number of esters is 1. The number of hydrogen-bond donors (Lipinski definition) is 0. The van der Waals surface area contributed by atoms with Gasteiger partial charge < -0.3 is 4.74 Å². The van der Waals surface area contributed by atoms with E-state index in [1.165, 1.54) is 63.3 Å². The fourth-order valence-corrected chi connectivity index (χ4v) is 2.68. The summed E-state index contributed by atoms with van der Waals surface area (Å²) in [6.45, 7) is 3.74. The van der Waals surface area contributed by atoms with Gasteiger partial charge in [-0.05, 0) is 25.0 Å². The highest BCUT2D eigenvalue weighted by molar-refractivity contribution is 6.19. The molecule has 0 aromatic heterocycles. The number of nitro groups is 1. The average molecular weight is 375 g/mol. The Balaban J connectivity index is 2.48. The number of ketones is 1. The van der Waals surface area contributed by atoms with Gasteiger partial charge in [0.05, 0.1) is 11.5 Å². The highest BCUT2D eigenvalue weighted by atomic mass is 16.6. The van der Waals surface area contributed by atoms with E-state index in [0.29, 0.717) is 5.56 Å². The van der Waals surface area contributed by atoms with Crippen LogP contribution in [0.5, 0.6) is 0 Å². The van der Waals surface area contributed by atoms with Gasteiger partial charge in [-0.1, -0.05) is 64.0 Å². The Morgan fingerprint density at radius 1 is 1.07 bits per heavy atom. The fraction of sp³-hybridized carbons (Fsp3) is 0.524. The van der Waals surface area contributed by atoms with Gasteiger partial charge in [0, 0.05) is 12.1 Å². The van der Waals surface area contributed by atoms with E-state index in [2.05, 4.69) is 6.92 Å². The Hall–Kier alpha value is -2.50. The van der Waals surface area contributed by atoms with Crippen LogP contribution in [0.1, 0.15) is 70.8 Å². The molecule has 0 saturated heterocycles. The summed E-state index contributed by atoms with van der Waals surface area (Å²) in [6, 6.07) is 5.77. The molecule has 0 N–H and O–H groups in total. The molecule has 0 aliphatic carbocycles. The lowest BCUT2D eigenvalue weighted by Gasteiger charge is -2.07. The van der Waals surface area contributed by atoms with Gasteiger partial charge in [-0.3, -0.25) is 14.9 Å². The van der Waals surface area contributed by atoms with Crippen molar-refractivity contribution in [2.24, 2.45) is 0 Å². The molecule has 1 aromatic carbocycles. The van der Waals surface area contributed by atoms with Gasteiger partial charge in [0.15, 0.2) is 5.78 Å². The van der Waals surface area contributed by atoms with E-state index in [9.17, 15) is 19.7 Å². The monoisotopic (exact) mass is 375 g/mol. The Labute approximate surface area is 160 Å². The average Bonchev–Trinajstić information content (AvgIpc) is 2.64. The summed E-state index contributed by atoms with van der Waals surface area (Å²) in [5.41, 5.74) is 0.215. The number of carbonyl (C=O) groups is 2. The van der Waals surface area contributed by atoms with Gasteiger partial charge in [0.1, 0.15) is 5.57 Å². The molecule has 0 spiro atoms. The minimum atomic E-state index is -0.683. The zero-order valence-electron chi connectivity index (χ0n) is 16.2. The standard InChI is InChI=1S/C21H29NO5/c1-3-4-5-6-7-8-9-10-14-27-21(24)20(17(2)23)16-18-12-11-13-19(15-18)22(25)26/h11-13,15-16H,3-10,14H2,1-2H3/b20-16+. The van der Waals surface area contributed by atoms with Crippen molar-refractivity contribution >= 4 is 23.5 Å². The van der Waals surface area contributed by atoms with Crippen molar-refractivity contribution in [2.75, 3.05) is 6.61 Å². The summed E-state index contributed by atoms with van der Waals surface area (Å²) in [5, 5.41) is 10.8. The smallest absolute Gasteiger partial charge is 0.341 e. The number of ether oxygens (including phenoxy) is 1. The predicted molar refractivity (Wildman–Crippen MR) is 105 cm³/mol. The highest BCUT2D eigenvalue weighted by Gasteiger charge is 2.16. The second-order valence-corrected chi connectivity index (χ2v) is 6.58. The van der Waals surface area contributed by atoms with Crippen LogP contribution in [0, 0.1) is 10.1 Å². The van der Waals surface area contributed by atoms with Gasteiger partial charge in [0.2, 0.25) is 0 Å². The van der Waals surface area contributed by atoms with E-state index < -0.39 is 16.7 Å². The molecule has 0 aliphatic rings. The van der Waals surface area contributed by atoms with E-state index in [1.807, 2.05) is 0 Å². The number of benzene rings is 1. The first kappa shape index (κ1) is 22.5. The van der Waals surface area contributed by atoms with Crippen molar-refractivity contribution in [3.8, 4) is 0 Å². The number of rotatable bonds is 13. The summed E-state index contributed by atoms with van der Waals surface area (Å²) in [7, 11) is 0. The van der Waals surface area contributed by atoms with Crippen LogP contribution in [0.25, 0.3) is 6.08 Å². The zero-order valence-corrected chi connectivity index (χ0v) is 16.2. The molecule has 0 bridgehead atoms. The third kappa shape index (κ3) is 9.13. The molecule has 0 unspecified atom stereocenters. The quantitative estimate of drug-likeness (QED) is 0.0893.